The van der Waals surface area contributed by atoms with Gasteiger partial charge in [-0.3, -0.25) is 4.68 Å². The summed E-state index contributed by atoms with van der Waals surface area (Å²) in [5.41, 5.74) is 0.680. The Kier molecular flexibility index (Phi) is 7.25. The summed E-state index contributed by atoms with van der Waals surface area (Å²) in [5.74, 6) is -0.121. The van der Waals surface area contributed by atoms with Gasteiger partial charge in [0, 0.05) is 55.3 Å². The molecule has 2 saturated heterocycles. The van der Waals surface area contributed by atoms with Crippen molar-refractivity contribution in [3.8, 4) is 17.1 Å². The maximum absolute atomic E-state index is 14.3. The standard InChI is InChI=1S/C31H44FN5O5/c1-19-23-25(34-37(19)21-10-13-36(30(8,9)17-21)27(39)42-29(5,6)7)24-22(16-20(32)18-33-24)40-31(23)11-14-35(15-12-31)26(38)41-28(2,3)4/h16,18,21H,10-15,17H2,1-9H3. The SMILES string of the molecule is Cc1c2c(nn1C1CCN(C(=O)OC(C)(C)C)C(C)(C)C1)-c1ncc(F)cc1OC21CCN(C(=O)OC(C)(C)C)CC1. The summed E-state index contributed by atoms with van der Waals surface area (Å²) in [6.45, 7) is 18.7. The Morgan fingerprint density at radius 3 is 2.21 bits per heavy atom. The molecule has 5 rings (SSSR count). The van der Waals surface area contributed by atoms with Crippen LogP contribution in [0.1, 0.15) is 98.4 Å². The lowest BCUT2D eigenvalue weighted by Gasteiger charge is -2.46. The molecule has 2 amide bonds. The van der Waals surface area contributed by atoms with Gasteiger partial charge in [0.25, 0.3) is 0 Å². The molecule has 10 nitrogen and oxygen atoms in total. The molecule has 2 aromatic heterocycles. The minimum atomic E-state index is -0.786. The van der Waals surface area contributed by atoms with Crippen LogP contribution in [0.3, 0.4) is 0 Å². The maximum atomic E-state index is 14.3. The second-order valence-corrected chi connectivity index (χ2v) is 14.4. The molecule has 0 aliphatic carbocycles. The quantitative estimate of drug-likeness (QED) is 0.384. The van der Waals surface area contributed by atoms with Gasteiger partial charge in [0.1, 0.15) is 34.0 Å². The summed E-state index contributed by atoms with van der Waals surface area (Å²) < 4.78 is 34.3. The summed E-state index contributed by atoms with van der Waals surface area (Å²) in [7, 11) is 0. The molecule has 1 unspecified atom stereocenters. The molecule has 1 atom stereocenters. The minimum absolute atomic E-state index is 0.0205. The van der Waals surface area contributed by atoms with E-state index in [1.54, 1.807) is 4.90 Å². The number of fused-ring (bicyclic) bond motifs is 4. The topological polar surface area (TPSA) is 99.0 Å². The smallest absolute Gasteiger partial charge is 0.410 e. The first kappa shape index (κ1) is 30.1. The van der Waals surface area contributed by atoms with Crippen LogP contribution >= 0.6 is 0 Å². The average molecular weight is 586 g/mol. The Hall–Kier alpha value is -3.37. The summed E-state index contributed by atoms with van der Waals surface area (Å²) >= 11 is 0. The Morgan fingerprint density at radius 1 is 1.00 bits per heavy atom. The number of aromatic nitrogens is 3. The molecule has 0 N–H and O–H groups in total. The molecule has 230 valence electrons. The fraction of sp³-hybridized carbons (Fsp3) is 0.677. The molecule has 1 spiro atoms. The molecule has 0 radical (unpaired) electrons. The van der Waals surface area contributed by atoms with Crippen molar-refractivity contribution >= 4 is 12.2 Å². The van der Waals surface area contributed by atoms with Crippen LogP contribution in [0.5, 0.6) is 5.75 Å². The van der Waals surface area contributed by atoms with Crippen molar-refractivity contribution in [1.82, 2.24) is 24.6 Å². The molecular formula is C31H44FN5O5. The third-order valence-corrected chi connectivity index (χ3v) is 8.29. The van der Waals surface area contributed by atoms with Crippen LogP contribution in [0.25, 0.3) is 11.4 Å². The molecule has 11 heteroatoms. The number of carbonyl (C=O) groups excluding carboxylic acids is 2. The van der Waals surface area contributed by atoms with Crippen LogP contribution in [0, 0.1) is 12.7 Å². The van der Waals surface area contributed by atoms with E-state index in [9.17, 15) is 14.0 Å². The van der Waals surface area contributed by atoms with E-state index in [1.165, 1.54) is 12.3 Å². The molecule has 0 aromatic carbocycles. The van der Waals surface area contributed by atoms with E-state index < -0.39 is 28.2 Å². The molecule has 5 heterocycles. The highest BCUT2D eigenvalue weighted by atomic mass is 19.1. The number of halogens is 1. The average Bonchev–Trinajstić information content (AvgIpc) is 3.19. The Morgan fingerprint density at radius 2 is 1.62 bits per heavy atom. The maximum Gasteiger partial charge on any atom is 0.410 e. The predicted octanol–water partition coefficient (Wildman–Crippen LogP) is 6.36. The van der Waals surface area contributed by atoms with Crippen LogP contribution in [0.4, 0.5) is 14.0 Å². The molecule has 0 bridgehead atoms. The number of piperidine rings is 2. The molecule has 2 fully saturated rings. The minimum Gasteiger partial charge on any atom is -0.480 e. The van der Waals surface area contributed by atoms with Crippen molar-refractivity contribution in [1.29, 1.82) is 0 Å². The number of likely N-dealkylation sites (tertiary alicyclic amines) is 2. The second-order valence-electron chi connectivity index (χ2n) is 14.4. The van der Waals surface area contributed by atoms with Crippen molar-refractivity contribution in [3.63, 3.8) is 0 Å². The van der Waals surface area contributed by atoms with E-state index in [0.29, 0.717) is 62.5 Å². The first-order valence-corrected chi connectivity index (χ1v) is 14.8. The van der Waals surface area contributed by atoms with Crippen molar-refractivity contribution in [2.45, 2.75) is 116 Å². The van der Waals surface area contributed by atoms with Crippen LogP contribution in [0.15, 0.2) is 12.3 Å². The number of carbonyl (C=O) groups is 2. The predicted molar refractivity (Wildman–Crippen MR) is 155 cm³/mol. The van der Waals surface area contributed by atoms with Crippen LogP contribution in [-0.2, 0) is 15.1 Å². The number of ether oxygens (including phenoxy) is 3. The van der Waals surface area contributed by atoms with Gasteiger partial charge in [-0.2, -0.15) is 5.10 Å². The number of rotatable bonds is 1. The van der Waals surface area contributed by atoms with Crippen molar-refractivity contribution in [2.24, 2.45) is 0 Å². The number of nitrogens with zero attached hydrogens (tertiary/aromatic N) is 5. The highest BCUT2D eigenvalue weighted by Gasteiger charge is 2.49. The van der Waals surface area contributed by atoms with Gasteiger partial charge in [0.2, 0.25) is 0 Å². The monoisotopic (exact) mass is 585 g/mol. The molecule has 42 heavy (non-hydrogen) atoms. The van der Waals surface area contributed by atoms with E-state index in [1.807, 2.05) is 58.0 Å². The normalized spacial score (nSPS) is 21.3. The van der Waals surface area contributed by atoms with Crippen molar-refractivity contribution in [2.75, 3.05) is 19.6 Å². The molecular weight excluding hydrogens is 541 g/mol. The zero-order valence-corrected chi connectivity index (χ0v) is 26.3. The van der Waals surface area contributed by atoms with E-state index >= 15 is 0 Å². The first-order chi connectivity index (χ1) is 19.4. The zero-order chi connectivity index (χ0) is 30.8. The summed E-state index contributed by atoms with van der Waals surface area (Å²) in [4.78, 5) is 33.7. The Labute approximate surface area is 247 Å². The molecule has 0 saturated carbocycles. The van der Waals surface area contributed by atoms with E-state index in [4.69, 9.17) is 19.3 Å². The fourth-order valence-electron chi connectivity index (χ4n) is 6.49. The van der Waals surface area contributed by atoms with E-state index in [2.05, 4.69) is 18.8 Å². The number of pyridine rings is 1. The third-order valence-electron chi connectivity index (χ3n) is 8.29. The van der Waals surface area contributed by atoms with Gasteiger partial charge in [0.15, 0.2) is 5.75 Å². The van der Waals surface area contributed by atoms with Gasteiger partial charge >= 0.3 is 12.2 Å². The molecule has 3 aliphatic heterocycles. The highest BCUT2D eigenvalue weighted by molar-refractivity contribution is 5.72. The van der Waals surface area contributed by atoms with Crippen LogP contribution in [-0.4, -0.2) is 73.1 Å². The zero-order valence-electron chi connectivity index (χ0n) is 26.3. The van der Waals surface area contributed by atoms with Gasteiger partial charge in [-0.1, -0.05) is 0 Å². The van der Waals surface area contributed by atoms with Gasteiger partial charge in [-0.05, 0) is 75.2 Å². The van der Waals surface area contributed by atoms with Gasteiger partial charge in [0.05, 0.1) is 12.2 Å². The van der Waals surface area contributed by atoms with Crippen molar-refractivity contribution < 1.29 is 28.2 Å². The van der Waals surface area contributed by atoms with Crippen LogP contribution in [0.2, 0.25) is 0 Å². The fourth-order valence-corrected chi connectivity index (χ4v) is 6.49. The Balaban J connectivity index is 1.46. The van der Waals surface area contributed by atoms with E-state index in [-0.39, 0.29) is 18.2 Å². The first-order valence-electron chi connectivity index (χ1n) is 14.8. The molecule has 3 aliphatic rings. The molecule has 2 aromatic rings. The van der Waals surface area contributed by atoms with Gasteiger partial charge in [-0.15, -0.1) is 0 Å². The lowest BCUT2D eigenvalue weighted by atomic mass is 9.80. The van der Waals surface area contributed by atoms with Gasteiger partial charge < -0.3 is 24.0 Å². The highest BCUT2D eigenvalue weighted by Crippen LogP contribution is 2.51. The lowest BCUT2D eigenvalue weighted by Crippen LogP contribution is -2.54. The Bertz CT molecular complexity index is 1380. The third kappa shape index (κ3) is 5.66. The summed E-state index contributed by atoms with van der Waals surface area (Å²) in [5, 5.41) is 5.10. The van der Waals surface area contributed by atoms with Gasteiger partial charge in [-0.25, -0.2) is 19.0 Å². The summed E-state index contributed by atoms with van der Waals surface area (Å²) in [6, 6.07) is 1.39. The summed E-state index contributed by atoms with van der Waals surface area (Å²) in [6.07, 6.45) is 2.91. The number of amides is 2. The lowest BCUT2D eigenvalue weighted by molar-refractivity contribution is -0.0223. The second kappa shape index (κ2) is 10.1. The van der Waals surface area contributed by atoms with Crippen molar-refractivity contribution in [3.05, 3.63) is 29.3 Å². The number of hydrogen-bond donors (Lipinski definition) is 0. The largest absolute Gasteiger partial charge is 0.480 e. The van der Waals surface area contributed by atoms with E-state index in [0.717, 1.165) is 11.3 Å². The number of hydrogen-bond acceptors (Lipinski definition) is 7. The van der Waals surface area contributed by atoms with Crippen LogP contribution < -0.4 is 4.74 Å².